The second kappa shape index (κ2) is 6.80. The van der Waals surface area contributed by atoms with Gasteiger partial charge in [0.25, 0.3) is 0 Å². The Hall–Kier alpha value is -2.55. The fourth-order valence-electron chi connectivity index (χ4n) is 4.78. The number of aromatic nitrogens is 1. The van der Waals surface area contributed by atoms with Gasteiger partial charge in [-0.2, -0.15) is 18.4 Å². The maximum Gasteiger partial charge on any atom is 0.417 e. The third-order valence-electron chi connectivity index (χ3n) is 6.69. The van der Waals surface area contributed by atoms with E-state index in [1.165, 1.54) is 0 Å². The van der Waals surface area contributed by atoms with Crippen LogP contribution in [-0.2, 0) is 11.6 Å². The molecule has 1 heterocycles. The lowest BCUT2D eigenvalue weighted by Gasteiger charge is -2.53. The van der Waals surface area contributed by atoms with E-state index in [1.54, 1.807) is 12.1 Å². The number of hydrogen-bond donors (Lipinski definition) is 1. The molecule has 3 aliphatic carbocycles. The molecule has 6 heteroatoms. The average Bonchev–Trinajstić information content (AvgIpc) is 2.73. The maximum absolute atomic E-state index is 12.8. The molecule has 1 N–H and O–H groups in total. The van der Waals surface area contributed by atoms with Crippen molar-refractivity contribution in [2.45, 2.75) is 50.1 Å². The van der Waals surface area contributed by atoms with Crippen molar-refractivity contribution < 1.29 is 13.2 Å². The molecule has 3 nitrogen and oxygen atoms in total. The van der Waals surface area contributed by atoms with Crippen LogP contribution in [0.1, 0.15) is 55.3 Å². The number of benzene rings is 1. The van der Waals surface area contributed by atoms with Crippen molar-refractivity contribution in [2.75, 3.05) is 11.9 Å². The minimum absolute atomic E-state index is 0.0768. The largest absolute Gasteiger partial charge is 0.417 e. The van der Waals surface area contributed by atoms with Crippen molar-refractivity contribution in [3.8, 4) is 6.07 Å². The van der Waals surface area contributed by atoms with E-state index in [9.17, 15) is 13.2 Å². The van der Waals surface area contributed by atoms with Crippen LogP contribution in [-0.4, -0.2) is 11.5 Å². The van der Waals surface area contributed by atoms with E-state index in [1.807, 2.05) is 18.2 Å². The van der Waals surface area contributed by atoms with E-state index >= 15 is 0 Å². The Morgan fingerprint density at radius 3 is 2.32 bits per heavy atom. The standard InChI is InChI=1S/C22H22F3N3/c23-22(24,25)17-4-5-19(27-14-17)21-9-6-20(7-10-21,8-11-21)15-28-18-3-1-2-16(12-18)13-26/h1-5,12,14,28H,6-11,15H2. The van der Waals surface area contributed by atoms with E-state index in [0.717, 1.165) is 68.7 Å². The molecule has 2 bridgehead atoms. The number of halogens is 3. The normalized spacial score (nSPS) is 26.6. The predicted molar refractivity (Wildman–Crippen MR) is 101 cm³/mol. The summed E-state index contributed by atoms with van der Waals surface area (Å²) in [7, 11) is 0. The van der Waals surface area contributed by atoms with Crippen LogP contribution in [0.25, 0.3) is 0 Å². The van der Waals surface area contributed by atoms with Gasteiger partial charge in [0, 0.05) is 29.5 Å². The Morgan fingerprint density at radius 2 is 1.75 bits per heavy atom. The Balaban J connectivity index is 1.43. The van der Waals surface area contributed by atoms with Gasteiger partial charge >= 0.3 is 6.18 Å². The van der Waals surface area contributed by atoms with E-state index in [0.29, 0.717) is 5.56 Å². The Morgan fingerprint density at radius 1 is 1.04 bits per heavy atom. The van der Waals surface area contributed by atoms with Gasteiger partial charge in [-0.15, -0.1) is 0 Å². The van der Waals surface area contributed by atoms with Gasteiger partial charge in [-0.3, -0.25) is 4.98 Å². The quantitative estimate of drug-likeness (QED) is 0.737. The van der Waals surface area contributed by atoms with Crippen LogP contribution in [0.5, 0.6) is 0 Å². The van der Waals surface area contributed by atoms with Crippen LogP contribution in [0, 0.1) is 16.7 Å². The first-order valence-electron chi connectivity index (χ1n) is 9.62. The molecule has 1 aromatic carbocycles. The zero-order chi connectivity index (χ0) is 19.8. The third-order valence-corrected chi connectivity index (χ3v) is 6.69. The summed E-state index contributed by atoms with van der Waals surface area (Å²) in [6.07, 6.45) is 2.65. The van der Waals surface area contributed by atoms with E-state index in [-0.39, 0.29) is 10.8 Å². The number of anilines is 1. The summed E-state index contributed by atoms with van der Waals surface area (Å²) in [4.78, 5) is 4.21. The van der Waals surface area contributed by atoms with Crippen molar-refractivity contribution in [3.05, 3.63) is 59.4 Å². The molecular formula is C22H22F3N3. The van der Waals surface area contributed by atoms with Gasteiger partial charge in [0.15, 0.2) is 0 Å². The highest BCUT2D eigenvalue weighted by molar-refractivity contribution is 5.49. The summed E-state index contributed by atoms with van der Waals surface area (Å²) in [5.41, 5.74) is 1.87. The Bertz CT molecular complexity index is 872. The van der Waals surface area contributed by atoms with Crippen LogP contribution in [0.2, 0.25) is 0 Å². The van der Waals surface area contributed by atoms with Crippen LogP contribution in [0.15, 0.2) is 42.6 Å². The minimum Gasteiger partial charge on any atom is -0.384 e. The van der Waals surface area contributed by atoms with Gasteiger partial charge in [-0.1, -0.05) is 6.07 Å². The molecule has 5 rings (SSSR count). The predicted octanol–water partition coefficient (Wildman–Crippen LogP) is 5.68. The molecule has 2 aromatic rings. The lowest BCUT2D eigenvalue weighted by atomic mass is 9.52. The monoisotopic (exact) mass is 385 g/mol. The lowest BCUT2D eigenvalue weighted by molar-refractivity contribution is -0.137. The number of rotatable bonds is 4. The smallest absolute Gasteiger partial charge is 0.384 e. The third kappa shape index (κ3) is 3.46. The molecule has 28 heavy (non-hydrogen) atoms. The molecule has 3 saturated carbocycles. The van der Waals surface area contributed by atoms with Gasteiger partial charge in [0.1, 0.15) is 0 Å². The average molecular weight is 385 g/mol. The van der Waals surface area contributed by atoms with Crippen molar-refractivity contribution in [1.82, 2.24) is 4.98 Å². The highest BCUT2D eigenvalue weighted by atomic mass is 19.4. The number of nitrogens with zero attached hydrogens (tertiary/aromatic N) is 2. The second-order valence-corrected chi connectivity index (χ2v) is 8.26. The number of hydrogen-bond acceptors (Lipinski definition) is 3. The molecular weight excluding hydrogens is 363 g/mol. The molecule has 0 saturated heterocycles. The number of nitrogens with one attached hydrogen (secondary N) is 1. The number of pyridine rings is 1. The van der Waals surface area contributed by atoms with Crippen molar-refractivity contribution in [3.63, 3.8) is 0 Å². The maximum atomic E-state index is 12.8. The Labute approximate surface area is 162 Å². The zero-order valence-corrected chi connectivity index (χ0v) is 15.5. The molecule has 0 unspecified atom stereocenters. The highest BCUT2D eigenvalue weighted by Gasteiger charge is 2.50. The zero-order valence-electron chi connectivity index (χ0n) is 15.5. The van der Waals surface area contributed by atoms with Crippen molar-refractivity contribution >= 4 is 5.69 Å². The van der Waals surface area contributed by atoms with E-state index in [2.05, 4.69) is 16.4 Å². The molecule has 0 atom stereocenters. The van der Waals surface area contributed by atoms with E-state index < -0.39 is 11.7 Å². The second-order valence-electron chi connectivity index (χ2n) is 8.26. The molecule has 0 amide bonds. The van der Waals surface area contributed by atoms with Crippen molar-refractivity contribution in [1.29, 1.82) is 5.26 Å². The summed E-state index contributed by atoms with van der Waals surface area (Å²) in [5, 5.41) is 12.5. The molecule has 3 aliphatic rings. The molecule has 1 aromatic heterocycles. The number of nitriles is 1. The van der Waals surface area contributed by atoms with Crippen LogP contribution >= 0.6 is 0 Å². The number of fused-ring (bicyclic) bond motifs is 3. The summed E-state index contributed by atoms with van der Waals surface area (Å²) in [6.45, 7) is 0.860. The Kier molecular flexibility index (Phi) is 4.57. The SMILES string of the molecule is N#Cc1cccc(NCC23CCC(c4ccc(C(F)(F)F)cn4)(CC2)CC3)c1. The van der Waals surface area contributed by atoms with Crippen LogP contribution in [0.3, 0.4) is 0 Å². The van der Waals surface area contributed by atoms with Gasteiger partial charge in [0.2, 0.25) is 0 Å². The van der Waals surface area contributed by atoms with Crippen molar-refractivity contribution in [2.24, 2.45) is 5.41 Å². The summed E-state index contributed by atoms with van der Waals surface area (Å²) in [5.74, 6) is 0. The first kappa shape index (κ1) is 18.8. The van der Waals surface area contributed by atoms with E-state index in [4.69, 9.17) is 5.26 Å². The van der Waals surface area contributed by atoms with Crippen LogP contribution < -0.4 is 5.32 Å². The van der Waals surface area contributed by atoms with Gasteiger partial charge in [-0.05, 0) is 74.3 Å². The van der Waals surface area contributed by atoms with Gasteiger partial charge < -0.3 is 5.32 Å². The summed E-state index contributed by atoms with van der Waals surface area (Å²) >= 11 is 0. The molecule has 3 fully saturated rings. The fourth-order valence-corrected chi connectivity index (χ4v) is 4.78. The van der Waals surface area contributed by atoms with Gasteiger partial charge in [-0.25, -0.2) is 0 Å². The molecule has 0 spiro atoms. The fraction of sp³-hybridized carbons (Fsp3) is 0.455. The number of alkyl halides is 3. The molecule has 0 aliphatic heterocycles. The molecule has 0 radical (unpaired) electrons. The first-order chi connectivity index (χ1) is 13.3. The summed E-state index contributed by atoms with van der Waals surface area (Å²) < 4.78 is 38.4. The lowest BCUT2D eigenvalue weighted by Crippen LogP contribution is -2.47. The minimum atomic E-state index is -4.34. The first-order valence-corrected chi connectivity index (χ1v) is 9.62. The topological polar surface area (TPSA) is 48.7 Å². The van der Waals surface area contributed by atoms with Gasteiger partial charge in [0.05, 0.1) is 17.2 Å². The highest BCUT2D eigenvalue weighted by Crippen LogP contribution is 2.57. The summed E-state index contributed by atoms with van der Waals surface area (Å²) in [6, 6.07) is 12.4. The molecule has 146 valence electrons. The van der Waals surface area contributed by atoms with Crippen LogP contribution in [0.4, 0.5) is 18.9 Å².